The van der Waals surface area contributed by atoms with Gasteiger partial charge in [0.25, 0.3) is 0 Å². The van der Waals surface area contributed by atoms with Crippen molar-refractivity contribution in [2.45, 2.75) is 45.7 Å². The molecule has 0 aromatic carbocycles. The molecule has 21 heavy (non-hydrogen) atoms. The molecular weight excluding hydrogens is 266 g/mol. The van der Waals surface area contributed by atoms with Crippen LogP contribution in [-0.4, -0.2) is 37.1 Å². The van der Waals surface area contributed by atoms with Gasteiger partial charge in [0, 0.05) is 37.6 Å². The number of aromatic nitrogens is 4. The van der Waals surface area contributed by atoms with E-state index in [4.69, 9.17) is 0 Å². The number of nitrogens with zero attached hydrogens (tertiary/aromatic N) is 4. The van der Waals surface area contributed by atoms with E-state index in [-0.39, 0.29) is 11.9 Å². The zero-order valence-corrected chi connectivity index (χ0v) is 12.5. The molecule has 0 unspecified atom stereocenters. The van der Waals surface area contributed by atoms with Crippen LogP contribution in [0.15, 0.2) is 18.5 Å². The standard InChI is InChI=1S/C15H21N5O/c1-11-5-8-19(18-11)9-6-14(21)20-7-3-4-13(20)15-16-10-12(2)17-15/h5,8,10,13H,3-4,6-7,9H2,1-2H3,(H,16,17)/t13-/m1/s1. The molecule has 3 heterocycles. The summed E-state index contributed by atoms with van der Waals surface area (Å²) in [4.78, 5) is 22.1. The van der Waals surface area contributed by atoms with Crippen LogP contribution in [0.2, 0.25) is 0 Å². The highest BCUT2D eigenvalue weighted by Crippen LogP contribution is 2.30. The molecule has 2 aromatic heterocycles. The van der Waals surface area contributed by atoms with Crippen LogP contribution >= 0.6 is 0 Å². The zero-order valence-electron chi connectivity index (χ0n) is 12.5. The van der Waals surface area contributed by atoms with Crippen LogP contribution in [0.25, 0.3) is 0 Å². The van der Waals surface area contributed by atoms with Gasteiger partial charge in [0.1, 0.15) is 5.82 Å². The van der Waals surface area contributed by atoms with Crippen LogP contribution < -0.4 is 0 Å². The summed E-state index contributed by atoms with van der Waals surface area (Å²) in [5.41, 5.74) is 2.02. The van der Waals surface area contributed by atoms with Crippen molar-refractivity contribution in [1.82, 2.24) is 24.6 Å². The number of carbonyl (C=O) groups is 1. The van der Waals surface area contributed by atoms with Crippen LogP contribution in [0.4, 0.5) is 0 Å². The maximum Gasteiger partial charge on any atom is 0.225 e. The molecule has 0 spiro atoms. The van der Waals surface area contributed by atoms with Gasteiger partial charge >= 0.3 is 0 Å². The van der Waals surface area contributed by atoms with Gasteiger partial charge < -0.3 is 9.88 Å². The summed E-state index contributed by atoms with van der Waals surface area (Å²) < 4.78 is 1.83. The van der Waals surface area contributed by atoms with Crippen molar-refractivity contribution in [3.63, 3.8) is 0 Å². The summed E-state index contributed by atoms with van der Waals surface area (Å²) in [5, 5.41) is 4.32. The van der Waals surface area contributed by atoms with Crippen molar-refractivity contribution < 1.29 is 4.79 Å². The molecule has 1 N–H and O–H groups in total. The minimum atomic E-state index is 0.102. The van der Waals surface area contributed by atoms with Crippen molar-refractivity contribution >= 4 is 5.91 Å². The van der Waals surface area contributed by atoms with Crippen molar-refractivity contribution in [3.05, 3.63) is 35.7 Å². The number of imidazole rings is 1. The van der Waals surface area contributed by atoms with Gasteiger partial charge in [-0.2, -0.15) is 5.10 Å². The molecule has 112 valence electrons. The maximum atomic E-state index is 12.5. The Bertz CT molecular complexity index is 630. The molecule has 1 saturated heterocycles. The number of hydrogen-bond donors (Lipinski definition) is 1. The highest BCUT2D eigenvalue weighted by atomic mass is 16.2. The fraction of sp³-hybridized carbons (Fsp3) is 0.533. The molecular formula is C15H21N5O. The SMILES string of the molecule is Cc1ccn(CCC(=O)N2CCC[C@@H]2c2ncc(C)[nH]2)n1. The molecule has 6 heteroatoms. The van der Waals surface area contributed by atoms with Gasteiger partial charge in [-0.1, -0.05) is 0 Å². The summed E-state index contributed by atoms with van der Waals surface area (Å²) in [5.74, 6) is 1.09. The molecule has 0 bridgehead atoms. The van der Waals surface area contributed by atoms with E-state index in [2.05, 4.69) is 15.1 Å². The third kappa shape index (κ3) is 2.99. The normalized spacial score (nSPS) is 18.4. The lowest BCUT2D eigenvalue weighted by molar-refractivity contribution is -0.132. The van der Waals surface area contributed by atoms with Gasteiger partial charge in [-0.05, 0) is 32.8 Å². The van der Waals surface area contributed by atoms with Crippen LogP contribution in [0, 0.1) is 13.8 Å². The van der Waals surface area contributed by atoms with Gasteiger partial charge in [-0.15, -0.1) is 0 Å². The number of hydrogen-bond acceptors (Lipinski definition) is 3. The van der Waals surface area contributed by atoms with Crippen LogP contribution in [0.3, 0.4) is 0 Å². The molecule has 1 amide bonds. The predicted molar refractivity (Wildman–Crippen MR) is 78.6 cm³/mol. The monoisotopic (exact) mass is 287 g/mol. The number of rotatable bonds is 4. The lowest BCUT2D eigenvalue weighted by Gasteiger charge is -2.23. The fourth-order valence-electron chi connectivity index (χ4n) is 2.89. The number of likely N-dealkylation sites (tertiary alicyclic amines) is 1. The average Bonchev–Trinajstić information content (AvgIpc) is 3.16. The van der Waals surface area contributed by atoms with Gasteiger partial charge in [-0.25, -0.2) is 4.98 Å². The first kappa shape index (κ1) is 13.9. The van der Waals surface area contributed by atoms with Crippen molar-refractivity contribution in [1.29, 1.82) is 0 Å². The second-order valence-corrected chi connectivity index (χ2v) is 5.67. The Hall–Kier alpha value is -2.11. The molecule has 1 aliphatic rings. The second-order valence-electron chi connectivity index (χ2n) is 5.67. The Balaban J connectivity index is 1.63. The minimum Gasteiger partial charge on any atom is -0.344 e. The van der Waals surface area contributed by atoms with Crippen molar-refractivity contribution in [3.8, 4) is 0 Å². The molecule has 1 aliphatic heterocycles. The van der Waals surface area contributed by atoms with E-state index in [9.17, 15) is 4.79 Å². The van der Waals surface area contributed by atoms with Crippen molar-refractivity contribution in [2.24, 2.45) is 0 Å². The maximum absolute atomic E-state index is 12.5. The molecule has 6 nitrogen and oxygen atoms in total. The Labute approximate surface area is 124 Å². The Kier molecular flexibility index (Phi) is 3.77. The quantitative estimate of drug-likeness (QED) is 0.935. The van der Waals surface area contributed by atoms with E-state index in [0.717, 1.165) is 36.6 Å². The number of aromatic amines is 1. The first-order valence-corrected chi connectivity index (χ1v) is 7.44. The minimum absolute atomic E-state index is 0.102. The summed E-state index contributed by atoms with van der Waals surface area (Å²) in [7, 11) is 0. The van der Waals surface area contributed by atoms with Gasteiger partial charge in [0.15, 0.2) is 0 Å². The highest BCUT2D eigenvalue weighted by molar-refractivity contribution is 5.76. The highest BCUT2D eigenvalue weighted by Gasteiger charge is 2.31. The Morgan fingerprint density at radius 1 is 1.48 bits per heavy atom. The zero-order chi connectivity index (χ0) is 14.8. The number of nitrogens with one attached hydrogen (secondary N) is 1. The molecule has 1 atom stereocenters. The van der Waals surface area contributed by atoms with Crippen LogP contribution in [-0.2, 0) is 11.3 Å². The lowest BCUT2D eigenvalue weighted by atomic mass is 10.2. The smallest absolute Gasteiger partial charge is 0.225 e. The lowest BCUT2D eigenvalue weighted by Crippen LogP contribution is -2.31. The third-order valence-corrected chi connectivity index (χ3v) is 3.94. The van der Waals surface area contributed by atoms with E-state index in [1.54, 1.807) is 0 Å². The van der Waals surface area contributed by atoms with Crippen molar-refractivity contribution in [2.75, 3.05) is 6.54 Å². The molecule has 0 radical (unpaired) electrons. The van der Waals surface area contributed by atoms with E-state index < -0.39 is 0 Å². The Morgan fingerprint density at radius 2 is 2.33 bits per heavy atom. The number of carbonyl (C=O) groups excluding carboxylic acids is 1. The fourth-order valence-corrected chi connectivity index (χ4v) is 2.89. The largest absolute Gasteiger partial charge is 0.344 e. The van der Waals surface area contributed by atoms with Gasteiger partial charge in [-0.3, -0.25) is 9.48 Å². The topological polar surface area (TPSA) is 66.8 Å². The van der Waals surface area contributed by atoms with E-state index in [1.165, 1.54) is 0 Å². The second kappa shape index (κ2) is 5.71. The Morgan fingerprint density at radius 3 is 3.00 bits per heavy atom. The predicted octanol–water partition coefficient (Wildman–Crippen LogP) is 1.98. The average molecular weight is 287 g/mol. The van der Waals surface area contributed by atoms with E-state index >= 15 is 0 Å². The molecule has 3 rings (SSSR count). The molecule has 1 fully saturated rings. The summed E-state index contributed by atoms with van der Waals surface area (Å²) >= 11 is 0. The van der Waals surface area contributed by atoms with Gasteiger partial charge in [0.2, 0.25) is 5.91 Å². The molecule has 2 aromatic rings. The summed E-state index contributed by atoms with van der Waals surface area (Å²) in [6, 6.07) is 2.06. The third-order valence-electron chi connectivity index (χ3n) is 3.94. The molecule has 0 saturated carbocycles. The summed E-state index contributed by atoms with van der Waals surface area (Å²) in [6.45, 7) is 5.39. The van der Waals surface area contributed by atoms with E-state index in [0.29, 0.717) is 13.0 Å². The van der Waals surface area contributed by atoms with Gasteiger partial charge in [0.05, 0.1) is 11.7 Å². The van der Waals surface area contributed by atoms with E-state index in [1.807, 2.05) is 41.9 Å². The number of amides is 1. The number of aryl methyl sites for hydroxylation is 3. The van der Waals surface area contributed by atoms with Crippen LogP contribution in [0.5, 0.6) is 0 Å². The molecule has 0 aliphatic carbocycles. The van der Waals surface area contributed by atoms with Crippen LogP contribution in [0.1, 0.15) is 42.5 Å². The summed E-state index contributed by atoms with van der Waals surface area (Å²) in [6.07, 6.45) is 6.25. The first-order chi connectivity index (χ1) is 10.1. The number of H-pyrrole nitrogens is 1. The first-order valence-electron chi connectivity index (χ1n) is 7.44.